The van der Waals surface area contributed by atoms with E-state index < -0.39 is 8.07 Å². The highest BCUT2D eigenvalue weighted by atomic mass is 28.3. The van der Waals surface area contributed by atoms with Gasteiger partial charge in [0, 0.05) is 25.0 Å². The number of aliphatic hydroxyl groups is 2. The summed E-state index contributed by atoms with van der Waals surface area (Å²) < 4.78 is 20.4. The smallest absolute Gasteiger partial charge is 0.249 e. The number of carbonyl (C=O) groups excluding carboxylic acids is 1. The van der Waals surface area contributed by atoms with E-state index in [4.69, 9.17) is 14.2 Å². The SMILES string of the molecule is CCOc1ccc2c(c1)CC(NCCCCO)C(=O)N2c1cccc(CC[C@@H]2O[C@H](CCn3cc(C(CO)c4ccccc4)nn3)[C@@H]([Si](C)(C)c3ccc(OC)cc3)[C@@H]2C)c1. The Kier molecular flexibility index (Phi) is 14.7. The first kappa shape index (κ1) is 44.2. The number of hydrogen-bond donors (Lipinski definition) is 3. The van der Waals surface area contributed by atoms with E-state index in [-0.39, 0.29) is 43.3 Å². The van der Waals surface area contributed by atoms with E-state index in [0.717, 1.165) is 70.9 Å². The van der Waals surface area contributed by atoms with Crippen LogP contribution in [-0.4, -0.2) is 90.9 Å². The molecule has 0 aliphatic carbocycles. The van der Waals surface area contributed by atoms with Crippen molar-refractivity contribution in [2.45, 2.75) is 102 Å². The van der Waals surface area contributed by atoms with Crippen molar-refractivity contribution in [3.63, 3.8) is 0 Å². The summed E-state index contributed by atoms with van der Waals surface area (Å²) in [5, 5.41) is 33.5. The van der Waals surface area contributed by atoms with Gasteiger partial charge in [-0.05, 0) is 123 Å². The molecule has 1 aromatic heterocycles. The summed E-state index contributed by atoms with van der Waals surface area (Å²) in [7, 11) is -0.387. The van der Waals surface area contributed by atoms with E-state index in [0.29, 0.717) is 44.0 Å². The summed E-state index contributed by atoms with van der Waals surface area (Å²) in [4.78, 5) is 16.1. The molecule has 0 saturated carbocycles. The van der Waals surface area contributed by atoms with E-state index in [1.807, 2.05) is 71.2 Å². The zero-order valence-corrected chi connectivity index (χ0v) is 37.4. The van der Waals surface area contributed by atoms with Gasteiger partial charge < -0.3 is 29.7 Å². The van der Waals surface area contributed by atoms with Gasteiger partial charge in [0.1, 0.15) is 11.5 Å². The minimum atomic E-state index is -2.09. The number of nitrogens with zero attached hydrogens (tertiary/aromatic N) is 4. The van der Waals surface area contributed by atoms with Gasteiger partial charge in [0.25, 0.3) is 0 Å². The molecule has 0 spiro atoms. The lowest BCUT2D eigenvalue weighted by Gasteiger charge is -2.36. The van der Waals surface area contributed by atoms with Crippen LogP contribution in [0.2, 0.25) is 18.6 Å². The third kappa shape index (κ3) is 10.1. The van der Waals surface area contributed by atoms with Crippen LogP contribution in [-0.2, 0) is 28.9 Å². The summed E-state index contributed by atoms with van der Waals surface area (Å²) >= 11 is 0. The lowest BCUT2D eigenvalue weighted by Crippen LogP contribution is -2.50. The van der Waals surface area contributed by atoms with Crippen molar-refractivity contribution in [3.8, 4) is 11.5 Å². The second kappa shape index (κ2) is 20.3. The van der Waals surface area contributed by atoms with Crippen LogP contribution in [0.15, 0.2) is 103 Å². The maximum atomic E-state index is 14.2. The minimum Gasteiger partial charge on any atom is -0.497 e. The number of amides is 1. The number of nitrogens with one attached hydrogen (secondary N) is 1. The van der Waals surface area contributed by atoms with Gasteiger partial charge in [0.2, 0.25) is 5.91 Å². The highest BCUT2D eigenvalue weighted by Crippen LogP contribution is 2.47. The number of aromatic nitrogens is 3. The molecule has 4 aromatic carbocycles. The Labute approximate surface area is 362 Å². The zero-order valence-electron chi connectivity index (χ0n) is 36.4. The Morgan fingerprint density at radius 2 is 1.72 bits per heavy atom. The quantitative estimate of drug-likeness (QED) is 0.0552. The molecule has 12 heteroatoms. The third-order valence-electron chi connectivity index (χ3n) is 12.9. The van der Waals surface area contributed by atoms with Gasteiger partial charge in [-0.2, -0.15) is 0 Å². The first-order chi connectivity index (χ1) is 29.6. The largest absolute Gasteiger partial charge is 0.497 e. The maximum absolute atomic E-state index is 14.2. The van der Waals surface area contributed by atoms with Crippen molar-refractivity contribution in [1.82, 2.24) is 20.3 Å². The van der Waals surface area contributed by atoms with Crippen LogP contribution < -0.4 is 24.9 Å². The summed E-state index contributed by atoms with van der Waals surface area (Å²) in [5.41, 5.74) is 6.08. The molecule has 0 radical (unpaired) electrons. The first-order valence-electron chi connectivity index (χ1n) is 22.0. The summed E-state index contributed by atoms with van der Waals surface area (Å²) in [6.45, 7) is 11.3. The van der Waals surface area contributed by atoms with Crippen LogP contribution in [0.4, 0.5) is 11.4 Å². The Morgan fingerprint density at radius 3 is 2.46 bits per heavy atom. The lowest BCUT2D eigenvalue weighted by molar-refractivity contribution is -0.120. The van der Waals surface area contributed by atoms with E-state index in [2.05, 4.69) is 84.2 Å². The normalized spacial score (nSPS) is 20.7. The van der Waals surface area contributed by atoms with Crippen LogP contribution in [0, 0.1) is 5.92 Å². The van der Waals surface area contributed by atoms with Crippen molar-refractivity contribution in [2.24, 2.45) is 5.92 Å². The topological polar surface area (TPSA) is 131 Å². The van der Waals surface area contributed by atoms with Gasteiger partial charge >= 0.3 is 0 Å². The number of unbranched alkanes of at least 4 members (excludes halogenated alkanes) is 1. The molecule has 324 valence electrons. The molecule has 5 aromatic rings. The van der Waals surface area contributed by atoms with E-state index >= 15 is 0 Å². The predicted molar refractivity (Wildman–Crippen MR) is 243 cm³/mol. The van der Waals surface area contributed by atoms with Crippen molar-refractivity contribution in [1.29, 1.82) is 0 Å². The van der Waals surface area contributed by atoms with E-state index in [9.17, 15) is 15.0 Å². The van der Waals surface area contributed by atoms with Crippen molar-refractivity contribution in [3.05, 3.63) is 126 Å². The van der Waals surface area contributed by atoms with Gasteiger partial charge in [-0.3, -0.25) is 14.4 Å². The number of ether oxygens (including phenoxy) is 3. The fraction of sp³-hybridized carbons (Fsp3) is 0.449. The number of aryl methyl sites for hydroxylation is 2. The Morgan fingerprint density at radius 1 is 0.934 bits per heavy atom. The lowest BCUT2D eigenvalue weighted by atomic mass is 9.94. The number of rotatable bonds is 20. The van der Waals surface area contributed by atoms with E-state index in [1.165, 1.54) is 5.19 Å². The molecule has 0 bridgehead atoms. The predicted octanol–water partition coefficient (Wildman–Crippen LogP) is 7.17. The fourth-order valence-corrected chi connectivity index (χ4v) is 13.8. The zero-order chi connectivity index (χ0) is 42.9. The molecule has 1 amide bonds. The number of fused-ring (bicyclic) bond motifs is 1. The number of aliphatic hydroxyl groups excluding tert-OH is 2. The summed E-state index contributed by atoms with van der Waals surface area (Å²) in [6, 6.07) is 32.6. The number of anilines is 2. The van der Waals surface area contributed by atoms with Crippen LogP contribution in [0.1, 0.15) is 67.8 Å². The van der Waals surface area contributed by atoms with Gasteiger partial charge in [-0.1, -0.05) is 85.0 Å². The van der Waals surface area contributed by atoms with Gasteiger partial charge in [0.15, 0.2) is 0 Å². The Balaban J connectivity index is 1.10. The monoisotopic (exact) mass is 845 g/mol. The summed E-state index contributed by atoms with van der Waals surface area (Å²) in [5.74, 6) is 1.76. The highest BCUT2D eigenvalue weighted by Gasteiger charge is 2.50. The molecule has 61 heavy (non-hydrogen) atoms. The van der Waals surface area contributed by atoms with Crippen LogP contribution in [0.3, 0.4) is 0 Å². The van der Waals surface area contributed by atoms with Gasteiger partial charge in [-0.15, -0.1) is 5.10 Å². The third-order valence-corrected chi connectivity index (χ3v) is 17.3. The average molecular weight is 846 g/mol. The van der Waals surface area contributed by atoms with Crippen LogP contribution in [0.25, 0.3) is 0 Å². The molecule has 7 rings (SSSR count). The van der Waals surface area contributed by atoms with Gasteiger partial charge in [-0.25, -0.2) is 0 Å². The molecule has 6 atom stereocenters. The van der Waals surface area contributed by atoms with Crippen molar-refractivity contribution >= 4 is 30.5 Å². The minimum absolute atomic E-state index is 0.0217. The molecule has 1 saturated heterocycles. The Hall–Kier alpha value is -4.85. The van der Waals surface area contributed by atoms with Crippen molar-refractivity contribution < 1.29 is 29.2 Å². The number of methoxy groups -OCH3 is 1. The van der Waals surface area contributed by atoms with Crippen LogP contribution >= 0.6 is 0 Å². The van der Waals surface area contributed by atoms with Crippen LogP contribution in [0.5, 0.6) is 11.5 Å². The maximum Gasteiger partial charge on any atom is 0.249 e. The average Bonchev–Trinajstić information content (AvgIpc) is 3.88. The second-order valence-electron chi connectivity index (χ2n) is 17.1. The molecular weight excluding hydrogens is 783 g/mol. The standard InChI is InChI=1S/C49H63N5O6Si/c1-6-59-40-20-23-45-37(30-40)31-43(50-26-10-11-28-55)49(57)54(45)38-16-12-13-35(29-38)17-24-46-34(2)48(61(4,5)41-21-18-39(58-3)19-22-41)47(60-46)25-27-53-32-44(51-52-53)42(33-56)36-14-8-7-9-15-36/h7-9,12-16,18-23,29-30,32,34,42-43,46-48,50,55-56H,6,10-11,17,24-28,31,33H2,1-5H3/t34-,42?,43?,46+,47-,48+/m1/s1. The number of carbonyl (C=O) groups is 1. The molecular formula is C49H63N5O6Si. The number of hydrogen-bond acceptors (Lipinski definition) is 9. The summed E-state index contributed by atoms with van der Waals surface area (Å²) in [6.07, 6.45) is 6.57. The number of benzene rings is 4. The second-order valence-corrected chi connectivity index (χ2v) is 21.8. The molecule has 2 unspecified atom stereocenters. The van der Waals surface area contributed by atoms with E-state index in [1.54, 1.807) is 7.11 Å². The van der Waals surface area contributed by atoms with Crippen molar-refractivity contribution in [2.75, 3.05) is 38.4 Å². The molecule has 2 aliphatic heterocycles. The highest BCUT2D eigenvalue weighted by molar-refractivity contribution is 6.91. The van der Waals surface area contributed by atoms with Gasteiger partial charge in [0.05, 0.1) is 63.9 Å². The molecule has 1 fully saturated rings. The fourth-order valence-electron chi connectivity index (χ4n) is 9.69. The molecule has 3 heterocycles. The molecule has 2 aliphatic rings. The Bertz CT molecular complexity index is 2180. The molecule has 11 nitrogen and oxygen atoms in total. The molecule has 3 N–H and O–H groups in total. The first-order valence-corrected chi connectivity index (χ1v) is 25.1.